The van der Waals surface area contributed by atoms with Crippen LogP contribution in [-0.4, -0.2) is 32.8 Å². The normalized spacial score (nSPS) is 12.5. The Balaban J connectivity index is 3.06. The lowest BCUT2D eigenvalue weighted by atomic mass is 10.1. The second-order valence-electron chi connectivity index (χ2n) is 4.62. The van der Waals surface area contributed by atoms with E-state index in [2.05, 4.69) is 17.1 Å². The standard InChI is InChI=1S/C15H25FN2O/c1-5-17-10-13-8-7-9-14(16)15(13)18(6-2)12(3)11-19-4/h7-9,12,17H,5-6,10-11H2,1-4H3. The van der Waals surface area contributed by atoms with Crippen molar-refractivity contribution in [2.75, 3.05) is 31.7 Å². The van der Waals surface area contributed by atoms with E-state index in [1.54, 1.807) is 13.2 Å². The van der Waals surface area contributed by atoms with E-state index < -0.39 is 0 Å². The number of likely N-dealkylation sites (N-methyl/N-ethyl adjacent to an activating group) is 1. The smallest absolute Gasteiger partial charge is 0.146 e. The molecule has 0 heterocycles. The Labute approximate surface area is 115 Å². The molecule has 0 bridgehead atoms. The number of hydrogen-bond donors (Lipinski definition) is 1. The topological polar surface area (TPSA) is 24.5 Å². The van der Waals surface area contributed by atoms with Crippen LogP contribution in [-0.2, 0) is 11.3 Å². The fourth-order valence-corrected chi connectivity index (χ4v) is 2.31. The molecule has 1 rings (SSSR count). The van der Waals surface area contributed by atoms with E-state index in [0.717, 1.165) is 18.7 Å². The lowest BCUT2D eigenvalue weighted by Crippen LogP contribution is -2.37. The summed E-state index contributed by atoms with van der Waals surface area (Å²) in [6.45, 7) is 9.03. The second-order valence-corrected chi connectivity index (χ2v) is 4.62. The minimum Gasteiger partial charge on any atom is -0.383 e. The van der Waals surface area contributed by atoms with Crippen molar-refractivity contribution in [1.29, 1.82) is 0 Å². The highest BCUT2D eigenvalue weighted by molar-refractivity contribution is 5.55. The van der Waals surface area contributed by atoms with Crippen LogP contribution in [0.5, 0.6) is 0 Å². The Bertz CT molecular complexity index is 384. The molecule has 0 aliphatic heterocycles. The van der Waals surface area contributed by atoms with E-state index in [9.17, 15) is 4.39 Å². The van der Waals surface area contributed by atoms with Crippen molar-refractivity contribution in [3.63, 3.8) is 0 Å². The molecule has 1 unspecified atom stereocenters. The van der Waals surface area contributed by atoms with Gasteiger partial charge in [-0.3, -0.25) is 0 Å². The molecule has 0 amide bonds. The van der Waals surface area contributed by atoms with Crippen molar-refractivity contribution in [2.24, 2.45) is 0 Å². The third-order valence-electron chi connectivity index (χ3n) is 3.20. The molecule has 1 aromatic rings. The predicted molar refractivity (Wildman–Crippen MR) is 78.1 cm³/mol. The quantitative estimate of drug-likeness (QED) is 0.784. The van der Waals surface area contributed by atoms with E-state index in [0.29, 0.717) is 18.8 Å². The van der Waals surface area contributed by atoms with Gasteiger partial charge in [0.05, 0.1) is 12.3 Å². The van der Waals surface area contributed by atoms with Gasteiger partial charge in [-0.1, -0.05) is 19.1 Å². The fraction of sp³-hybridized carbons (Fsp3) is 0.600. The first-order valence-corrected chi connectivity index (χ1v) is 6.89. The summed E-state index contributed by atoms with van der Waals surface area (Å²) >= 11 is 0. The first-order chi connectivity index (χ1) is 9.15. The van der Waals surface area contributed by atoms with Gasteiger partial charge in [0.25, 0.3) is 0 Å². The largest absolute Gasteiger partial charge is 0.383 e. The molecular weight excluding hydrogens is 243 g/mol. The Morgan fingerprint density at radius 2 is 2.11 bits per heavy atom. The molecule has 1 aromatic carbocycles. The number of rotatable bonds is 8. The summed E-state index contributed by atoms with van der Waals surface area (Å²) in [5.41, 5.74) is 1.68. The molecule has 4 heteroatoms. The van der Waals surface area contributed by atoms with Gasteiger partial charge >= 0.3 is 0 Å². The molecule has 0 aliphatic rings. The third-order valence-corrected chi connectivity index (χ3v) is 3.20. The van der Waals surface area contributed by atoms with E-state index in [-0.39, 0.29) is 11.9 Å². The van der Waals surface area contributed by atoms with Gasteiger partial charge in [-0.25, -0.2) is 4.39 Å². The van der Waals surface area contributed by atoms with E-state index >= 15 is 0 Å². The zero-order valence-electron chi connectivity index (χ0n) is 12.4. The maximum Gasteiger partial charge on any atom is 0.146 e. The van der Waals surface area contributed by atoms with E-state index in [1.165, 1.54) is 6.07 Å². The summed E-state index contributed by atoms with van der Waals surface area (Å²) in [6, 6.07) is 5.41. The molecule has 1 atom stereocenters. The number of nitrogens with zero attached hydrogens (tertiary/aromatic N) is 1. The lowest BCUT2D eigenvalue weighted by Gasteiger charge is -2.32. The van der Waals surface area contributed by atoms with Crippen molar-refractivity contribution in [1.82, 2.24) is 5.32 Å². The number of para-hydroxylation sites is 1. The van der Waals surface area contributed by atoms with Crippen LogP contribution in [0.1, 0.15) is 26.3 Å². The summed E-state index contributed by atoms with van der Waals surface area (Å²) in [5.74, 6) is -0.166. The van der Waals surface area contributed by atoms with Gasteiger partial charge < -0.3 is 15.0 Å². The zero-order valence-corrected chi connectivity index (χ0v) is 12.4. The fourth-order valence-electron chi connectivity index (χ4n) is 2.31. The summed E-state index contributed by atoms with van der Waals surface area (Å²) < 4.78 is 19.4. The maximum atomic E-state index is 14.2. The van der Waals surface area contributed by atoms with Crippen LogP contribution in [0.2, 0.25) is 0 Å². The first-order valence-electron chi connectivity index (χ1n) is 6.89. The van der Waals surface area contributed by atoms with Crippen LogP contribution in [0.25, 0.3) is 0 Å². The van der Waals surface area contributed by atoms with Gasteiger partial charge in [-0.15, -0.1) is 0 Å². The summed E-state index contributed by atoms with van der Waals surface area (Å²) in [5, 5.41) is 3.26. The van der Waals surface area contributed by atoms with Crippen LogP contribution in [0.15, 0.2) is 18.2 Å². The number of nitrogens with one attached hydrogen (secondary N) is 1. The number of anilines is 1. The average Bonchev–Trinajstić information content (AvgIpc) is 2.40. The summed E-state index contributed by atoms with van der Waals surface area (Å²) in [7, 11) is 1.67. The molecule has 1 N–H and O–H groups in total. The van der Waals surface area contributed by atoms with Crippen LogP contribution < -0.4 is 10.2 Å². The summed E-state index contributed by atoms with van der Waals surface area (Å²) in [4.78, 5) is 2.06. The Kier molecular flexibility index (Phi) is 6.81. The molecule has 0 spiro atoms. The van der Waals surface area contributed by atoms with Gasteiger partial charge in [0.2, 0.25) is 0 Å². The number of methoxy groups -OCH3 is 1. The van der Waals surface area contributed by atoms with Crippen molar-refractivity contribution in [3.8, 4) is 0 Å². The van der Waals surface area contributed by atoms with E-state index in [1.807, 2.05) is 19.9 Å². The number of ether oxygens (including phenoxy) is 1. The highest BCUT2D eigenvalue weighted by Crippen LogP contribution is 2.26. The molecule has 3 nitrogen and oxygen atoms in total. The number of hydrogen-bond acceptors (Lipinski definition) is 3. The highest BCUT2D eigenvalue weighted by Gasteiger charge is 2.19. The van der Waals surface area contributed by atoms with Gasteiger partial charge in [0.1, 0.15) is 5.82 Å². The summed E-state index contributed by atoms with van der Waals surface area (Å²) in [6.07, 6.45) is 0. The first kappa shape index (κ1) is 15.9. The molecule has 0 radical (unpaired) electrons. The third kappa shape index (κ3) is 4.18. The average molecular weight is 268 g/mol. The molecule has 0 saturated heterocycles. The number of benzene rings is 1. The van der Waals surface area contributed by atoms with Crippen LogP contribution >= 0.6 is 0 Å². The SMILES string of the molecule is CCNCc1cccc(F)c1N(CC)C(C)COC. The minimum atomic E-state index is -0.166. The van der Waals surface area contributed by atoms with Crippen LogP contribution in [0.3, 0.4) is 0 Å². The molecule has 0 saturated carbocycles. The molecule has 19 heavy (non-hydrogen) atoms. The van der Waals surface area contributed by atoms with Crippen molar-refractivity contribution < 1.29 is 9.13 Å². The number of halogens is 1. The highest BCUT2D eigenvalue weighted by atomic mass is 19.1. The molecule has 0 aliphatic carbocycles. The van der Waals surface area contributed by atoms with Crippen molar-refractivity contribution in [2.45, 2.75) is 33.4 Å². The predicted octanol–water partition coefficient (Wildman–Crippen LogP) is 2.80. The van der Waals surface area contributed by atoms with Crippen molar-refractivity contribution >= 4 is 5.69 Å². The maximum absolute atomic E-state index is 14.2. The molecule has 108 valence electrons. The lowest BCUT2D eigenvalue weighted by molar-refractivity contribution is 0.181. The van der Waals surface area contributed by atoms with Gasteiger partial charge in [0.15, 0.2) is 0 Å². The van der Waals surface area contributed by atoms with Crippen LogP contribution in [0.4, 0.5) is 10.1 Å². The van der Waals surface area contributed by atoms with E-state index in [4.69, 9.17) is 4.74 Å². The Morgan fingerprint density at radius 3 is 2.68 bits per heavy atom. The Morgan fingerprint density at radius 1 is 1.37 bits per heavy atom. The van der Waals surface area contributed by atoms with Crippen LogP contribution in [0, 0.1) is 5.82 Å². The molecule has 0 fully saturated rings. The molecule has 0 aromatic heterocycles. The minimum absolute atomic E-state index is 0.146. The van der Waals surface area contributed by atoms with Gasteiger partial charge in [0, 0.05) is 26.2 Å². The molecular formula is C15H25FN2O. The zero-order chi connectivity index (χ0) is 14.3. The van der Waals surface area contributed by atoms with Gasteiger partial charge in [-0.05, 0) is 32.0 Å². The Hall–Kier alpha value is -1.13. The monoisotopic (exact) mass is 268 g/mol. The second kappa shape index (κ2) is 8.12. The van der Waals surface area contributed by atoms with Gasteiger partial charge in [-0.2, -0.15) is 0 Å². The van der Waals surface area contributed by atoms with Crippen molar-refractivity contribution in [3.05, 3.63) is 29.6 Å².